The molecular weight excluding hydrogens is 276 g/mol. The van der Waals surface area contributed by atoms with E-state index in [1.165, 1.54) is 10.9 Å². The van der Waals surface area contributed by atoms with Gasteiger partial charge in [-0.05, 0) is 29.8 Å². The van der Waals surface area contributed by atoms with Crippen molar-refractivity contribution in [3.8, 4) is 11.5 Å². The van der Waals surface area contributed by atoms with E-state index in [9.17, 15) is 0 Å². The van der Waals surface area contributed by atoms with Crippen LogP contribution in [0.3, 0.4) is 0 Å². The number of para-hydroxylation sites is 2. The monoisotopic (exact) mass is 296 g/mol. The summed E-state index contributed by atoms with van der Waals surface area (Å²) in [4.78, 5) is 0. The van der Waals surface area contributed by atoms with E-state index in [0.717, 1.165) is 22.6 Å². The number of ether oxygens (including phenoxy) is 2. The second-order valence-electron chi connectivity index (χ2n) is 5.26. The normalized spacial score (nSPS) is 10.9. The number of aromatic nitrogens is 1. The Bertz CT molecular complexity index is 793. The first kappa shape index (κ1) is 14.5. The topological polar surface area (TPSA) is 49.4 Å². The molecule has 1 heterocycles. The summed E-state index contributed by atoms with van der Waals surface area (Å²) in [6, 6.07) is 14.0. The van der Waals surface area contributed by atoms with Crippen LogP contribution in [0.15, 0.2) is 48.7 Å². The number of aryl methyl sites for hydroxylation is 1. The molecule has 0 atom stereocenters. The van der Waals surface area contributed by atoms with E-state index in [1.807, 2.05) is 31.3 Å². The first-order valence-corrected chi connectivity index (χ1v) is 7.25. The number of benzene rings is 2. The van der Waals surface area contributed by atoms with Crippen molar-refractivity contribution >= 4 is 10.9 Å². The molecule has 3 rings (SSSR count). The molecule has 0 aliphatic rings. The van der Waals surface area contributed by atoms with Crippen LogP contribution in [0.5, 0.6) is 11.5 Å². The van der Waals surface area contributed by atoms with Crippen LogP contribution in [0.25, 0.3) is 10.9 Å². The van der Waals surface area contributed by atoms with Crippen molar-refractivity contribution in [2.45, 2.75) is 13.2 Å². The van der Waals surface area contributed by atoms with E-state index in [1.54, 1.807) is 7.11 Å². The lowest BCUT2D eigenvalue weighted by Gasteiger charge is -2.09. The summed E-state index contributed by atoms with van der Waals surface area (Å²) in [5.41, 5.74) is 9.18. The third kappa shape index (κ3) is 2.65. The average Bonchev–Trinajstić information content (AvgIpc) is 2.88. The second-order valence-corrected chi connectivity index (χ2v) is 5.26. The number of fused-ring (bicyclic) bond motifs is 1. The van der Waals surface area contributed by atoms with Gasteiger partial charge in [-0.15, -0.1) is 0 Å². The van der Waals surface area contributed by atoms with Gasteiger partial charge in [-0.25, -0.2) is 0 Å². The van der Waals surface area contributed by atoms with Gasteiger partial charge in [0.2, 0.25) is 0 Å². The molecule has 4 heteroatoms. The molecule has 0 radical (unpaired) electrons. The Morgan fingerprint density at radius 2 is 1.86 bits per heavy atom. The molecule has 4 nitrogen and oxygen atoms in total. The van der Waals surface area contributed by atoms with E-state index in [2.05, 4.69) is 29.0 Å². The second kappa shape index (κ2) is 6.12. The molecule has 2 N–H and O–H groups in total. The highest BCUT2D eigenvalue weighted by Gasteiger charge is 2.09. The molecule has 1 aromatic heterocycles. The molecule has 0 saturated carbocycles. The van der Waals surface area contributed by atoms with Crippen molar-refractivity contribution in [3.05, 3.63) is 59.8 Å². The van der Waals surface area contributed by atoms with E-state index in [-0.39, 0.29) is 0 Å². The predicted molar refractivity (Wildman–Crippen MR) is 88.1 cm³/mol. The summed E-state index contributed by atoms with van der Waals surface area (Å²) in [5, 5.41) is 1.18. The third-order valence-electron chi connectivity index (χ3n) is 3.82. The molecular formula is C18H20N2O2. The highest BCUT2D eigenvalue weighted by molar-refractivity contribution is 5.84. The highest BCUT2D eigenvalue weighted by Crippen LogP contribution is 2.28. The molecule has 0 unspecified atom stereocenters. The van der Waals surface area contributed by atoms with Crippen LogP contribution in [-0.4, -0.2) is 11.7 Å². The van der Waals surface area contributed by atoms with Crippen molar-refractivity contribution in [1.29, 1.82) is 0 Å². The Balaban J connectivity index is 1.90. The number of nitrogens with zero attached hydrogens (tertiary/aromatic N) is 1. The fourth-order valence-corrected chi connectivity index (χ4v) is 2.66. The molecule has 2 aromatic carbocycles. The van der Waals surface area contributed by atoms with Gasteiger partial charge < -0.3 is 19.8 Å². The minimum atomic E-state index is 0.492. The maximum atomic E-state index is 5.94. The van der Waals surface area contributed by atoms with Crippen LogP contribution < -0.4 is 15.2 Å². The van der Waals surface area contributed by atoms with Crippen molar-refractivity contribution < 1.29 is 9.47 Å². The molecule has 0 saturated heterocycles. The molecule has 114 valence electrons. The van der Waals surface area contributed by atoms with E-state index in [0.29, 0.717) is 13.2 Å². The largest absolute Gasteiger partial charge is 0.493 e. The summed E-state index contributed by atoms with van der Waals surface area (Å²) in [6.07, 6.45) is 2.10. The summed E-state index contributed by atoms with van der Waals surface area (Å²) >= 11 is 0. The Labute approximate surface area is 130 Å². The van der Waals surface area contributed by atoms with Crippen molar-refractivity contribution in [1.82, 2.24) is 4.57 Å². The maximum Gasteiger partial charge on any atom is 0.161 e. The van der Waals surface area contributed by atoms with Crippen molar-refractivity contribution in [2.75, 3.05) is 7.11 Å². The van der Waals surface area contributed by atoms with Gasteiger partial charge in [0.25, 0.3) is 0 Å². The number of nitrogens with two attached hydrogens (primary N) is 1. The standard InChI is InChI=1S/C18H20N2O2/c1-20-11-14(15-9-13(10-19)7-8-16(15)20)12-22-18-6-4-3-5-17(18)21-2/h3-9,11H,10,12,19H2,1-2H3. The number of methoxy groups -OCH3 is 1. The Kier molecular flexibility index (Phi) is 4.02. The van der Waals surface area contributed by atoms with Crippen LogP contribution in [0.4, 0.5) is 0 Å². The molecule has 0 aliphatic carbocycles. The van der Waals surface area contributed by atoms with Gasteiger partial charge in [-0.3, -0.25) is 0 Å². The zero-order chi connectivity index (χ0) is 15.5. The molecule has 3 aromatic rings. The minimum absolute atomic E-state index is 0.492. The number of rotatable bonds is 5. The van der Waals surface area contributed by atoms with Crippen LogP contribution in [0.1, 0.15) is 11.1 Å². The first-order valence-electron chi connectivity index (χ1n) is 7.25. The van der Waals surface area contributed by atoms with Gasteiger partial charge in [0, 0.05) is 36.3 Å². The molecule has 22 heavy (non-hydrogen) atoms. The fraction of sp³-hybridized carbons (Fsp3) is 0.222. The fourth-order valence-electron chi connectivity index (χ4n) is 2.66. The number of hydrogen-bond acceptors (Lipinski definition) is 3. The Morgan fingerprint density at radius 1 is 1.09 bits per heavy atom. The third-order valence-corrected chi connectivity index (χ3v) is 3.82. The lowest BCUT2D eigenvalue weighted by atomic mass is 10.1. The van der Waals surface area contributed by atoms with Crippen LogP contribution in [-0.2, 0) is 20.2 Å². The van der Waals surface area contributed by atoms with Gasteiger partial charge in [0.15, 0.2) is 11.5 Å². The van der Waals surface area contributed by atoms with Crippen molar-refractivity contribution in [2.24, 2.45) is 12.8 Å². The van der Waals surface area contributed by atoms with E-state index in [4.69, 9.17) is 15.2 Å². The summed E-state index contributed by atoms with van der Waals surface area (Å²) in [5.74, 6) is 1.49. The van der Waals surface area contributed by atoms with E-state index < -0.39 is 0 Å². The number of hydrogen-bond donors (Lipinski definition) is 1. The predicted octanol–water partition coefficient (Wildman–Crippen LogP) is 3.22. The quantitative estimate of drug-likeness (QED) is 0.786. The lowest BCUT2D eigenvalue weighted by Crippen LogP contribution is -1.98. The lowest BCUT2D eigenvalue weighted by molar-refractivity contribution is 0.285. The Morgan fingerprint density at radius 3 is 2.59 bits per heavy atom. The van der Waals surface area contributed by atoms with Crippen LogP contribution >= 0.6 is 0 Å². The van der Waals surface area contributed by atoms with Crippen molar-refractivity contribution in [3.63, 3.8) is 0 Å². The maximum absolute atomic E-state index is 5.94. The Hall–Kier alpha value is -2.46. The molecule has 0 bridgehead atoms. The van der Waals surface area contributed by atoms with Gasteiger partial charge in [-0.2, -0.15) is 0 Å². The minimum Gasteiger partial charge on any atom is -0.493 e. The van der Waals surface area contributed by atoms with Gasteiger partial charge >= 0.3 is 0 Å². The summed E-state index contributed by atoms with van der Waals surface area (Å²) in [6.45, 7) is 1.03. The summed E-state index contributed by atoms with van der Waals surface area (Å²) < 4.78 is 13.4. The van der Waals surface area contributed by atoms with Gasteiger partial charge in [0.05, 0.1) is 7.11 Å². The zero-order valence-electron chi connectivity index (χ0n) is 12.9. The molecule has 0 aliphatic heterocycles. The van der Waals surface area contributed by atoms with Gasteiger partial charge in [-0.1, -0.05) is 18.2 Å². The molecule has 0 fully saturated rings. The SMILES string of the molecule is COc1ccccc1OCc1cn(C)c2ccc(CN)cc12. The first-order chi connectivity index (χ1) is 10.7. The van der Waals surface area contributed by atoms with E-state index >= 15 is 0 Å². The van der Waals surface area contributed by atoms with Gasteiger partial charge in [0.1, 0.15) is 6.61 Å². The smallest absolute Gasteiger partial charge is 0.161 e. The molecule has 0 spiro atoms. The highest BCUT2D eigenvalue weighted by atomic mass is 16.5. The zero-order valence-corrected chi connectivity index (χ0v) is 12.9. The summed E-state index contributed by atoms with van der Waals surface area (Å²) in [7, 11) is 3.69. The molecule has 0 amide bonds. The van der Waals surface area contributed by atoms with Crippen LogP contribution in [0.2, 0.25) is 0 Å². The van der Waals surface area contributed by atoms with Crippen LogP contribution in [0, 0.1) is 0 Å². The average molecular weight is 296 g/mol.